The molecule has 0 heterocycles. The molecule has 0 spiro atoms. The van der Waals surface area contributed by atoms with Gasteiger partial charge in [0.25, 0.3) is 10.0 Å². The molecule has 0 aliphatic heterocycles. The van der Waals surface area contributed by atoms with Crippen LogP contribution in [-0.4, -0.2) is 20.1 Å². The summed E-state index contributed by atoms with van der Waals surface area (Å²) in [5.41, 5.74) is 0. The molecule has 21 heavy (non-hydrogen) atoms. The fraction of sp³-hybridized carbons (Fsp3) is 0.267. The third-order valence-electron chi connectivity index (χ3n) is 3.08. The topological polar surface area (TPSA) is 58.2 Å². The molecule has 2 aromatic rings. The van der Waals surface area contributed by atoms with E-state index in [0.29, 0.717) is 11.9 Å². The Kier molecular flexibility index (Phi) is 5.14. The fourth-order valence-electron chi connectivity index (χ4n) is 2.02. The second kappa shape index (κ2) is 6.87. The van der Waals surface area contributed by atoms with Crippen molar-refractivity contribution >= 4 is 38.1 Å². The number of sulfonamides is 1. The van der Waals surface area contributed by atoms with Gasteiger partial charge in [0.15, 0.2) is 5.11 Å². The molecule has 0 saturated carbocycles. The number of hydrogen-bond donors (Lipinski definition) is 2. The Morgan fingerprint density at radius 3 is 2.62 bits per heavy atom. The predicted octanol–water partition coefficient (Wildman–Crippen LogP) is 2.79. The summed E-state index contributed by atoms with van der Waals surface area (Å²) in [4.78, 5) is 0.236. The van der Waals surface area contributed by atoms with E-state index in [-0.39, 0.29) is 10.0 Å². The SMILES string of the molecule is CCCCNC(=S)NS(=O)(=O)c1cccc2ccccc12. The molecule has 4 nitrogen and oxygen atoms in total. The summed E-state index contributed by atoms with van der Waals surface area (Å²) in [6, 6.07) is 12.6. The minimum absolute atomic E-state index is 0.136. The quantitative estimate of drug-likeness (QED) is 0.656. The molecule has 0 radical (unpaired) electrons. The second-order valence-electron chi connectivity index (χ2n) is 4.69. The Hall–Kier alpha value is -1.66. The largest absolute Gasteiger partial charge is 0.362 e. The zero-order chi connectivity index (χ0) is 15.3. The van der Waals surface area contributed by atoms with Crippen LogP contribution in [0.15, 0.2) is 47.4 Å². The highest BCUT2D eigenvalue weighted by Gasteiger charge is 2.18. The molecule has 0 atom stereocenters. The first kappa shape index (κ1) is 15.7. The number of rotatable bonds is 5. The van der Waals surface area contributed by atoms with Gasteiger partial charge in [-0.1, -0.05) is 49.7 Å². The minimum atomic E-state index is -3.68. The lowest BCUT2D eigenvalue weighted by molar-refractivity contribution is 0.592. The van der Waals surface area contributed by atoms with E-state index in [0.717, 1.165) is 18.2 Å². The minimum Gasteiger partial charge on any atom is -0.362 e. The van der Waals surface area contributed by atoms with Crippen molar-refractivity contribution in [2.45, 2.75) is 24.7 Å². The average Bonchev–Trinajstić information content (AvgIpc) is 2.46. The molecule has 6 heteroatoms. The van der Waals surface area contributed by atoms with E-state index in [9.17, 15) is 8.42 Å². The lowest BCUT2D eigenvalue weighted by atomic mass is 10.1. The Balaban J connectivity index is 2.24. The van der Waals surface area contributed by atoms with Crippen LogP contribution in [0.5, 0.6) is 0 Å². The lowest BCUT2D eigenvalue weighted by Gasteiger charge is -2.12. The standard InChI is InChI=1S/C15H18N2O2S2/c1-2-3-11-16-15(20)17-21(18,19)14-10-6-8-12-7-4-5-9-13(12)14/h4-10H,2-3,11H2,1H3,(H2,16,17,20). The molecule has 0 fully saturated rings. The van der Waals surface area contributed by atoms with Crippen molar-refractivity contribution in [2.75, 3.05) is 6.54 Å². The molecule has 112 valence electrons. The molecule has 0 amide bonds. The Labute approximate surface area is 130 Å². The van der Waals surface area contributed by atoms with Crippen LogP contribution in [0.25, 0.3) is 10.8 Å². The maximum Gasteiger partial charge on any atom is 0.264 e. The van der Waals surface area contributed by atoms with Gasteiger partial charge in [0, 0.05) is 11.9 Å². The Bertz CT molecular complexity index is 737. The van der Waals surface area contributed by atoms with E-state index in [1.807, 2.05) is 24.3 Å². The number of benzene rings is 2. The summed E-state index contributed by atoms with van der Waals surface area (Å²) in [5, 5.41) is 4.60. The normalized spacial score (nSPS) is 11.3. The van der Waals surface area contributed by atoms with E-state index in [4.69, 9.17) is 12.2 Å². The third-order valence-corrected chi connectivity index (χ3v) is 4.87. The first-order chi connectivity index (χ1) is 10.0. The van der Waals surface area contributed by atoms with E-state index in [1.54, 1.807) is 18.2 Å². The van der Waals surface area contributed by atoms with Crippen LogP contribution in [0.2, 0.25) is 0 Å². The van der Waals surface area contributed by atoms with Gasteiger partial charge in [-0.25, -0.2) is 8.42 Å². The van der Waals surface area contributed by atoms with E-state index < -0.39 is 10.0 Å². The summed E-state index contributed by atoms with van der Waals surface area (Å²) in [6.45, 7) is 2.72. The Morgan fingerprint density at radius 2 is 1.86 bits per heavy atom. The molecule has 2 N–H and O–H groups in total. The van der Waals surface area contributed by atoms with Crippen LogP contribution in [0, 0.1) is 0 Å². The summed E-state index contributed by atoms with van der Waals surface area (Å²) in [5.74, 6) is 0. The molecule has 2 aromatic carbocycles. The molecular weight excluding hydrogens is 304 g/mol. The lowest BCUT2D eigenvalue weighted by Crippen LogP contribution is -2.39. The molecule has 0 aliphatic rings. The number of nitrogens with one attached hydrogen (secondary N) is 2. The van der Waals surface area contributed by atoms with Crippen LogP contribution in [-0.2, 0) is 10.0 Å². The molecule has 2 rings (SSSR count). The zero-order valence-corrected chi connectivity index (χ0v) is 13.4. The van der Waals surface area contributed by atoms with Gasteiger partial charge in [-0.3, -0.25) is 4.72 Å². The van der Waals surface area contributed by atoms with E-state index >= 15 is 0 Å². The van der Waals surface area contributed by atoms with Gasteiger partial charge >= 0.3 is 0 Å². The number of thiocarbonyl (C=S) groups is 1. The first-order valence-corrected chi connectivity index (χ1v) is 8.72. The average molecular weight is 322 g/mol. The van der Waals surface area contributed by atoms with Crippen molar-refractivity contribution < 1.29 is 8.42 Å². The van der Waals surface area contributed by atoms with Crippen molar-refractivity contribution in [2.24, 2.45) is 0 Å². The second-order valence-corrected chi connectivity index (χ2v) is 6.75. The number of unbranched alkanes of at least 4 members (excludes halogenated alkanes) is 1. The van der Waals surface area contributed by atoms with Gasteiger partial charge in [-0.2, -0.15) is 0 Å². The molecule has 0 aliphatic carbocycles. The molecule has 0 aromatic heterocycles. The molecule has 0 saturated heterocycles. The van der Waals surface area contributed by atoms with Crippen LogP contribution in [0.3, 0.4) is 0 Å². The van der Waals surface area contributed by atoms with Crippen LogP contribution < -0.4 is 10.0 Å². The van der Waals surface area contributed by atoms with Gasteiger partial charge < -0.3 is 5.32 Å². The van der Waals surface area contributed by atoms with E-state index in [2.05, 4.69) is 17.0 Å². The van der Waals surface area contributed by atoms with E-state index in [1.165, 1.54) is 0 Å². The van der Waals surface area contributed by atoms with Crippen molar-refractivity contribution in [1.29, 1.82) is 0 Å². The van der Waals surface area contributed by atoms with Crippen molar-refractivity contribution in [3.8, 4) is 0 Å². The van der Waals surface area contributed by atoms with Crippen LogP contribution >= 0.6 is 12.2 Å². The van der Waals surface area contributed by atoms with Gasteiger partial charge in [-0.05, 0) is 30.1 Å². The Morgan fingerprint density at radius 1 is 1.14 bits per heavy atom. The predicted molar refractivity (Wildman–Crippen MR) is 89.8 cm³/mol. The van der Waals surface area contributed by atoms with Crippen molar-refractivity contribution in [3.63, 3.8) is 0 Å². The summed E-state index contributed by atoms with van der Waals surface area (Å²) < 4.78 is 27.3. The highest BCUT2D eigenvalue weighted by molar-refractivity contribution is 7.92. The van der Waals surface area contributed by atoms with Crippen LogP contribution in [0.1, 0.15) is 19.8 Å². The maximum absolute atomic E-state index is 12.5. The van der Waals surface area contributed by atoms with Crippen molar-refractivity contribution in [1.82, 2.24) is 10.0 Å². The number of fused-ring (bicyclic) bond motifs is 1. The summed E-state index contributed by atoms with van der Waals surface area (Å²) in [7, 11) is -3.68. The third kappa shape index (κ3) is 3.92. The smallest absolute Gasteiger partial charge is 0.264 e. The molecule has 0 unspecified atom stereocenters. The molecule has 0 bridgehead atoms. The summed E-state index contributed by atoms with van der Waals surface area (Å²) >= 11 is 5.04. The monoisotopic (exact) mass is 322 g/mol. The fourth-order valence-corrected chi connectivity index (χ4v) is 3.61. The first-order valence-electron chi connectivity index (χ1n) is 6.83. The van der Waals surface area contributed by atoms with Crippen LogP contribution in [0.4, 0.5) is 0 Å². The molecular formula is C15H18N2O2S2. The highest BCUT2D eigenvalue weighted by atomic mass is 32.2. The van der Waals surface area contributed by atoms with Gasteiger partial charge in [0.1, 0.15) is 0 Å². The van der Waals surface area contributed by atoms with Gasteiger partial charge in [-0.15, -0.1) is 0 Å². The van der Waals surface area contributed by atoms with Gasteiger partial charge in [0.2, 0.25) is 0 Å². The highest BCUT2D eigenvalue weighted by Crippen LogP contribution is 2.22. The maximum atomic E-state index is 12.5. The summed E-state index contributed by atoms with van der Waals surface area (Å²) in [6.07, 6.45) is 1.96. The van der Waals surface area contributed by atoms with Crippen molar-refractivity contribution in [3.05, 3.63) is 42.5 Å². The zero-order valence-electron chi connectivity index (χ0n) is 11.8. The number of hydrogen-bond acceptors (Lipinski definition) is 3. The van der Waals surface area contributed by atoms with Gasteiger partial charge in [0.05, 0.1) is 4.90 Å².